The largest absolute Gasteiger partial charge is 0.351 e. The number of urea groups is 1. The quantitative estimate of drug-likeness (QED) is 0.794. The molecule has 2 N–H and O–H groups in total. The Bertz CT molecular complexity index is 756. The SMILES string of the molecule is NC(=O)N(Cc1ccccc1)c1ncc(-c2ccccc2)s1. The molecule has 0 unspecified atom stereocenters. The van der Waals surface area contributed by atoms with Gasteiger partial charge in [-0.05, 0) is 11.1 Å². The molecule has 2 aromatic carbocycles. The van der Waals surface area contributed by atoms with Crippen molar-refractivity contribution in [2.75, 3.05) is 4.90 Å². The van der Waals surface area contributed by atoms with E-state index in [4.69, 9.17) is 5.73 Å². The molecule has 1 heterocycles. The Balaban J connectivity index is 1.87. The minimum Gasteiger partial charge on any atom is -0.351 e. The van der Waals surface area contributed by atoms with Gasteiger partial charge in [-0.3, -0.25) is 4.90 Å². The lowest BCUT2D eigenvalue weighted by molar-refractivity contribution is 0.253. The van der Waals surface area contributed by atoms with Crippen molar-refractivity contribution in [1.82, 2.24) is 4.98 Å². The van der Waals surface area contributed by atoms with E-state index in [1.165, 1.54) is 16.2 Å². The zero-order chi connectivity index (χ0) is 15.4. The van der Waals surface area contributed by atoms with Crippen LogP contribution >= 0.6 is 11.3 Å². The van der Waals surface area contributed by atoms with Crippen molar-refractivity contribution in [3.8, 4) is 10.4 Å². The number of nitrogens with zero attached hydrogens (tertiary/aromatic N) is 2. The van der Waals surface area contributed by atoms with E-state index in [-0.39, 0.29) is 0 Å². The van der Waals surface area contributed by atoms with Crippen molar-refractivity contribution < 1.29 is 4.79 Å². The van der Waals surface area contributed by atoms with Crippen molar-refractivity contribution in [2.24, 2.45) is 5.73 Å². The molecule has 1 aromatic heterocycles. The van der Waals surface area contributed by atoms with Crippen LogP contribution in [0, 0.1) is 0 Å². The Labute approximate surface area is 132 Å². The highest BCUT2D eigenvalue weighted by Gasteiger charge is 2.17. The number of aromatic nitrogens is 1. The van der Waals surface area contributed by atoms with Gasteiger partial charge in [0.05, 0.1) is 11.4 Å². The van der Waals surface area contributed by atoms with Crippen molar-refractivity contribution in [3.05, 3.63) is 72.4 Å². The molecule has 5 heteroatoms. The van der Waals surface area contributed by atoms with E-state index < -0.39 is 6.03 Å². The highest BCUT2D eigenvalue weighted by Crippen LogP contribution is 2.31. The zero-order valence-corrected chi connectivity index (χ0v) is 12.7. The minimum atomic E-state index is -0.502. The Morgan fingerprint density at radius 1 is 1.05 bits per heavy atom. The maximum Gasteiger partial charge on any atom is 0.321 e. The summed E-state index contributed by atoms with van der Waals surface area (Å²) in [5.41, 5.74) is 7.61. The molecule has 2 amide bonds. The number of benzene rings is 2. The van der Waals surface area contributed by atoms with Crippen LogP contribution in [0.5, 0.6) is 0 Å². The fourth-order valence-electron chi connectivity index (χ4n) is 2.13. The van der Waals surface area contributed by atoms with E-state index in [2.05, 4.69) is 4.98 Å². The predicted octanol–water partition coefficient (Wildman–Crippen LogP) is 3.90. The number of thiazole rings is 1. The van der Waals surface area contributed by atoms with E-state index in [0.717, 1.165) is 16.0 Å². The third kappa shape index (κ3) is 3.15. The van der Waals surface area contributed by atoms with Gasteiger partial charge in [0.15, 0.2) is 5.13 Å². The number of hydrogen-bond acceptors (Lipinski definition) is 3. The molecular weight excluding hydrogens is 294 g/mol. The standard InChI is InChI=1S/C17H15N3OS/c18-16(21)20(12-13-7-3-1-4-8-13)17-19-11-15(22-17)14-9-5-2-6-10-14/h1-11H,12H2,(H2,18,21). The van der Waals surface area contributed by atoms with Crippen LogP contribution in [0.25, 0.3) is 10.4 Å². The molecule has 22 heavy (non-hydrogen) atoms. The molecule has 0 atom stereocenters. The molecular formula is C17H15N3OS. The number of hydrogen-bond donors (Lipinski definition) is 1. The average Bonchev–Trinajstić information content (AvgIpc) is 3.04. The van der Waals surface area contributed by atoms with Crippen LogP contribution in [-0.4, -0.2) is 11.0 Å². The Morgan fingerprint density at radius 3 is 2.32 bits per heavy atom. The second-order valence-corrected chi connectivity index (χ2v) is 5.79. The Morgan fingerprint density at radius 2 is 1.68 bits per heavy atom. The molecule has 0 saturated heterocycles. The lowest BCUT2D eigenvalue weighted by Crippen LogP contribution is -2.35. The molecule has 4 nitrogen and oxygen atoms in total. The van der Waals surface area contributed by atoms with Crippen LogP contribution in [0.2, 0.25) is 0 Å². The third-order valence-corrected chi connectivity index (χ3v) is 4.30. The van der Waals surface area contributed by atoms with Gasteiger partial charge in [0.1, 0.15) is 0 Å². The van der Waals surface area contributed by atoms with E-state index in [9.17, 15) is 4.79 Å². The second kappa shape index (κ2) is 6.41. The monoisotopic (exact) mass is 309 g/mol. The minimum absolute atomic E-state index is 0.415. The molecule has 0 spiro atoms. The van der Waals surface area contributed by atoms with E-state index in [0.29, 0.717) is 11.7 Å². The van der Waals surface area contributed by atoms with Crippen LogP contribution in [0.1, 0.15) is 5.56 Å². The molecule has 0 saturated carbocycles. The molecule has 0 bridgehead atoms. The molecule has 110 valence electrons. The van der Waals surface area contributed by atoms with E-state index in [1.807, 2.05) is 60.7 Å². The first-order valence-corrected chi connectivity index (χ1v) is 7.68. The second-order valence-electron chi connectivity index (χ2n) is 4.78. The summed E-state index contributed by atoms with van der Waals surface area (Å²) in [4.78, 5) is 18.6. The van der Waals surface area contributed by atoms with Gasteiger partial charge in [-0.2, -0.15) is 0 Å². The summed E-state index contributed by atoms with van der Waals surface area (Å²) < 4.78 is 0. The van der Waals surface area contributed by atoms with Crippen molar-refractivity contribution in [1.29, 1.82) is 0 Å². The molecule has 0 fully saturated rings. The number of rotatable bonds is 4. The summed E-state index contributed by atoms with van der Waals surface area (Å²) in [5, 5.41) is 0.607. The van der Waals surface area contributed by atoms with Crippen LogP contribution in [0.3, 0.4) is 0 Å². The maximum absolute atomic E-state index is 11.8. The van der Waals surface area contributed by atoms with Gasteiger partial charge in [-0.25, -0.2) is 9.78 Å². The number of amides is 2. The lowest BCUT2D eigenvalue weighted by atomic mass is 10.2. The zero-order valence-electron chi connectivity index (χ0n) is 11.8. The van der Waals surface area contributed by atoms with Crippen molar-refractivity contribution >= 4 is 22.5 Å². The molecule has 0 aliphatic heterocycles. The van der Waals surface area contributed by atoms with E-state index >= 15 is 0 Å². The first-order chi connectivity index (χ1) is 10.7. The van der Waals surface area contributed by atoms with Gasteiger partial charge in [0.2, 0.25) is 0 Å². The summed E-state index contributed by atoms with van der Waals surface area (Å²) in [6.07, 6.45) is 1.77. The highest BCUT2D eigenvalue weighted by molar-refractivity contribution is 7.19. The average molecular weight is 309 g/mol. The number of nitrogens with two attached hydrogens (primary N) is 1. The summed E-state index contributed by atoms with van der Waals surface area (Å²) in [6.45, 7) is 0.415. The number of primary amides is 1. The van der Waals surface area contributed by atoms with Crippen LogP contribution in [0.4, 0.5) is 9.93 Å². The normalized spacial score (nSPS) is 10.4. The summed E-state index contributed by atoms with van der Waals surface area (Å²) in [7, 11) is 0. The Kier molecular flexibility index (Phi) is 4.16. The van der Waals surface area contributed by atoms with Gasteiger partial charge < -0.3 is 5.73 Å². The Hall–Kier alpha value is -2.66. The van der Waals surface area contributed by atoms with Crippen LogP contribution in [-0.2, 0) is 6.54 Å². The molecule has 0 aliphatic rings. The lowest BCUT2D eigenvalue weighted by Gasteiger charge is -2.17. The fraction of sp³-hybridized carbons (Fsp3) is 0.0588. The number of anilines is 1. The fourth-order valence-corrected chi connectivity index (χ4v) is 3.06. The van der Waals surface area contributed by atoms with Crippen molar-refractivity contribution in [3.63, 3.8) is 0 Å². The smallest absolute Gasteiger partial charge is 0.321 e. The molecule has 3 aromatic rings. The molecule has 3 rings (SSSR count). The van der Waals surface area contributed by atoms with Crippen LogP contribution in [0.15, 0.2) is 66.9 Å². The summed E-state index contributed by atoms with van der Waals surface area (Å²) in [6, 6.07) is 19.2. The first kappa shape index (κ1) is 14.3. The summed E-state index contributed by atoms with van der Waals surface area (Å²) >= 11 is 1.46. The summed E-state index contributed by atoms with van der Waals surface area (Å²) in [5.74, 6) is 0. The van der Waals surface area contributed by atoms with Gasteiger partial charge >= 0.3 is 6.03 Å². The number of carbonyl (C=O) groups is 1. The predicted molar refractivity (Wildman–Crippen MR) is 89.8 cm³/mol. The highest BCUT2D eigenvalue weighted by atomic mass is 32.1. The molecule has 0 aliphatic carbocycles. The maximum atomic E-state index is 11.8. The number of carbonyl (C=O) groups excluding carboxylic acids is 1. The molecule has 0 radical (unpaired) electrons. The van der Waals surface area contributed by atoms with Crippen molar-refractivity contribution in [2.45, 2.75) is 6.54 Å². The first-order valence-electron chi connectivity index (χ1n) is 6.86. The van der Waals surface area contributed by atoms with Crippen LogP contribution < -0.4 is 10.6 Å². The van der Waals surface area contributed by atoms with E-state index in [1.54, 1.807) is 6.20 Å². The van der Waals surface area contributed by atoms with Gasteiger partial charge in [-0.15, -0.1) is 0 Å². The third-order valence-electron chi connectivity index (χ3n) is 3.23. The van der Waals surface area contributed by atoms with Gasteiger partial charge in [-0.1, -0.05) is 72.0 Å². The topological polar surface area (TPSA) is 59.2 Å². The van der Waals surface area contributed by atoms with Gasteiger partial charge in [0, 0.05) is 6.20 Å². The van der Waals surface area contributed by atoms with Gasteiger partial charge in [0.25, 0.3) is 0 Å².